The van der Waals surface area contributed by atoms with Gasteiger partial charge >= 0.3 is 0 Å². The van der Waals surface area contributed by atoms with Crippen molar-refractivity contribution >= 4 is 5.91 Å². The largest absolute Gasteiger partial charge is 0.343 e. The van der Waals surface area contributed by atoms with Crippen molar-refractivity contribution in [1.29, 1.82) is 0 Å². The van der Waals surface area contributed by atoms with Gasteiger partial charge in [0.1, 0.15) is 0 Å². The summed E-state index contributed by atoms with van der Waals surface area (Å²) in [5, 5.41) is 3.64. The number of amides is 1. The number of nitrogens with zero attached hydrogens (tertiary/aromatic N) is 1. The lowest BCUT2D eigenvalue weighted by Gasteiger charge is -2.34. The fourth-order valence-corrected chi connectivity index (χ4v) is 1.93. The maximum atomic E-state index is 11.1. The van der Waals surface area contributed by atoms with Crippen molar-refractivity contribution in [1.82, 2.24) is 10.2 Å². The van der Waals surface area contributed by atoms with E-state index in [1.807, 2.05) is 4.90 Å². The SMILES string of the molecule is CC(=O)N1CCC(NC(C)C(C)C)CC1. The van der Waals surface area contributed by atoms with Gasteiger partial charge in [-0.1, -0.05) is 13.8 Å². The van der Waals surface area contributed by atoms with E-state index in [2.05, 4.69) is 26.1 Å². The van der Waals surface area contributed by atoms with Crippen LogP contribution in [-0.2, 0) is 4.79 Å². The molecule has 1 aliphatic rings. The first-order valence-electron chi connectivity index (χ1n) is 6.02. The van der Waals surface area contributed by atoms with Gasteiger partial charge in [0.15, 0.2) is 0 Å². The molecule has 0 aromatic rings. The first kappa shape index (κ1) is 12.5. The molecule has 88 valence electrons. The Morgan fingerprint density at radius 3 is 2.20 bits per heavy atom. The van der Waals surface area contributed by atoms with Crippen LogP contribution in [0.3, 0.4) is 0 Å². The third-order valence-corrected chi connectivity index (χ3v) is 3.44. The third-order valence-electron chi connectivity index (χ3n) is 3.44. The fourth-order valence-electron chi connectivity index (χ4n) is 1.93. The van der Waals surface area contributed by atoms with E-state index in [0.717, 1.165) is 25.9 Å². The molecular formula is C12H24N2O. The van der Waals surface area contributed by atoms with Crippen molar-refractivity contribution in [2.24, 2.45) is 5.92 Å². The molecule has 3 nitrogen and oxygen atoms in total. The van der Waals surface area contributed by atoms with Gasteiger partial charge in [-0.15, -0.1) is 0 Å². The molecule has 1 amide bonds. The highest BCUT2D eigenvalue weighted by Gasteiger charge is 2.22. The van der Waals surface area contributed by atoms with Gasteiger partial charge in [0, 0.05) is 32.1 Å². The number of nitrogens with one attached hydrogen (secondary N) is 1. The second kappa shape index (κ2) is 5.50. The van der Waals surface area contributed by atoms with Crippen LogP contribution >= 0.6 is 0 Å². The molecule has 0 aromatic carbocycles. The van der Waals surface area contributed by atoms with Crippen LogP contribution < -0.4 is 5.32 Å². The Balaban J connectivity index is 2.28. The van der Waals surface area contributed by atoms with Gasteiger partial charge in [0.25, 0.3) is 0 Å². The monoisotopic (exact) mass is 212 g/mol. The number of likely N-dealkylation sites (tertiary alicyclic amines) is 1. The maximum absolute atomic E-state index is 11.1. The highest BCUT2D eigenvalue weighted by atomic mass is 16.2. The number of piperidine rings is 1. The predicted molar refractivity (Wildman–Crippen MR) is 62.7 cm³/mol. The minimum atomic E-state index is 0.213. The predicted octanol–water partition coefficient (Wildman–Crippen LogP) is 1.63. The van der Waals surface area contributed by atoms with Crippen molar-refractivity contribution in [2.75, 3.05) is 13.1 Å². The summed E-state index contributed by atoms with van der Waals surface area (Å²) in [6, 6.07) is 1.16. The van der Waals surface area contributed by atoms with E-state index in [-0.39, 0.29) is 5.91 Å². The second-order valence-corrected chi connectivity index (χ2v) is 4.98. The molecule has 15 heavy (non-hydrogen) atoms. The summed E-state index contributed by atoms with van der Waals surface area (Å²) in [7, 11) is 0. The smallest absolute Gasteiger partial charge is 0.219 e. The fraction of sp³-hybridized carbons (Fsp3) is 0.917. The molecule has 0 spiro atoms. The Hall–Kier alpha value is -0.570. The summed E-state index contributed by atoms with van der Waals surface area (Å²) in [4.78, 5) is 13.1. The van der Waals surface area contributed by atoms with E-state index >= 15 is 0 Å². The Labute approximate surface area is 93.2 Å². The van der Waals surface area contributed by atoms with Crippen molar-refractivity contribution in [3.05, 3.63) is 0 Å². The molecule has 1 unspecified atom stereocenters. The third kappa shape index (κ3) is 3.82. The van der Waals surface area contributed by atoms with Gasteiger partial charge < -0.3 is 10.2 Å². The van der Waals surface area contributed by atoms with Crippen molar-refractivity contribution in [2.45, 2.75) is 52.6 Å². The summed E-state index contributed by atoms with van der Waals surface area (Å²) in [5.41, 5.74) is 0. The Bertz CT molecular complexity index is 208. The molecule has 0 aromatic heterocycles. The Kier molecular flexibility index (Phi) is 4.58. The van der Waals surface area contributed by atoms with Crippen LogP contribution in [0.25, 0.3) is 0 Å². The minimum absolute atomic E-state index is 0.213. The average Bonchev–Trinajstić information content (AvgIpc) is 2.18. The van der Waals surface area contributed by atoms with Crippen LogP contribution in [0.1, 0.15) is 40.5 Å². The topological polar surface area (TPSA) is 32.3 Å². The lowest BCUT2D eigenvalue weighted by Crippen LogP contribution is -2.47. The summed E-state index contributed by atoms with van der Waals surface area (Å²) in [5.74, 6) is 0.890. The zero-order valence-corrected chi connectivity index (χ0v) is 10.4. The Morgan fingerprint density at radius 1 is 1.27 bits per heavy atom. The molecule has 0 radical (unpaired) electrons. The van der Waals surface area contributed by atoms with Crippen molar-refractivity contribution in [3.8, 4) is 0 Å². The molecule has 1 rings (SSSR count). The lowest BCUT2D eigenvalue weighted by molar-refractivity contribution is -0.129. The van der Waals surface area contributed by atoms with Gasteiger partial charge in [0.2, 0.25) is 5.91 Å². The molecule has 1 atom stereocenters. The van der Waals surface area contributed by atoms with Crippen molar-refractivity contribution < 1.29 is 4.79 Å². The number of carbonyl (C=O) groups is 1. The number of carbonyl (C=O) groups excluding carboxylic acids is 1. The van der Waals surface area contributed by atoms with E-state index in [1.165, 1.54) is 0 Å². The minimum Gasteiger partial charge on any atom is -0.343 e. The summed E-state index contributed by atoms with van der Waals surface area (Å²) in [6.45, 7) is 10.2. The molecule has 1 saturated heterocycles. The molecule has 0 aliphatic carbocycles. The number of hydrogen-bond acceptors (Lipinski definition) is 2. The molecule has 1 N–H and O–H groups in total. The second-order valence-electron chi connectivity index (χ2n) is 4.98. The molecule has 1 heterocycles. The van der Waals surface area contributed by atoms with Crippen LogP contribution in [0, 0.1) is 5.92 Å². The Morgan fingerprint density at radius 2 is 1.80 bits per heavy atom. The molecule has 0 saturated carbocycles. The van der Waals surface area contributed by atoms with Crippen LogP contribution in [-0.4, -0.2) is 36.0 Å². The summed E-state index contributed by atoms with van der Waals surface area (Å²) < 4.78 is 0. The van der Waals surface area contributed by atoms with E-state index in [1.54, 1.807) is 6.92 Å². The quantitative estimate of drug-likeness (QED) is 0.771. The number of rotatable bonds is 3. The van der Waals surface area contributed by atoms with Gasteiger partial charge in [-0.05, 0) is 25.7 Å². The van der Waals surface area contributed by atoms with E-state index in [4.69, 9.17) is 0 Å². The zero-order chi connectivity index (χ0) is 11.4. The first-order chi connectivity index (χ1) is 7.00. The molecule has 1 fully saturated rings. The molecule has 1 aliphatic heterocycles. The van der Waals surface area contributed by atoms with Gasteiger partial charge in [-0.25, -0.2) is 0 Å². The summed E-state index contributed by atoms with van der Waals surface area (Å²) in [6.07, 6.45) is 2.19. The molecule has 0 bridgehead atoms. The molecular weight excluding hydrogens is 188 g/mol. The van der Waals surface area contributed by atoms with E-state index in [9.17, 15) is 4.79 Å². The average molecular weight is 212 g/mol. The first-order valence-corrected chi connectivity index (χ1v) is 6.02. The van der Waals surface area contributed by atoms with Gasteiger partial charge in [-0.2, -0.15) is 0 Å². The van der Waals surface area contributed by atoms with Crippen LogP contribution in [0.5, 0.6) is 0 Å². The van der Waals surface area contributed by atoms with Crippen LogP contribution in [0.15, 0.2) is 0 Å². The van der Waals surface area contributed by atoms with Gasteiger partial charge in [0.05, 0.1) is 0 Å². The van der Waals surface area contributed by atoms with Crippen LogP contribution in [0.4, 0.5) is 0 Å². The van der Waals surface area contributed by atoms with Crippen LogP contribution in [0.2, 0.25) is 0 Å². The van der Waals surface area contributed by atoms with E-state index in [0.29, 0.717) is 18.0 Å². The zero-order valence-electron chi connectivity index (χ0n) is 10.4. The van der Waals surface area contributed by atoms with Crippen molar-refractivity contribution in [3.63, 3.8) is 0 Å². The highest BCUT2D eigenvalue weighted by molar-refractivity contribution is 5.73. The highest BCUT2D eigenvalue weighted by Crippen LogP contribution is 2.12. The maximum Gasteiger partial charge on any atom is 0.219 e. The number of hydrogen-bond donors (Lipinski definition) is 1. The standard InChI is InChI=1S/C12H24N2O/c1-9(2)10(3)13-12-5-7-14(8-6-12)11(4)15/h9-10,12-13H,5-8H2,1-4H3. The lowest BCUT2D eigenvalue weighted by atomic mass is 10.0. The van der Waals surface area contributed by atoms with E-state index < -0.39 is 0 Å². The molecule has 3 heteroatoms. The van der Waals surface area contributed by atoms with Gasteiger partial charge in [-0.3, -0.25) is 4.79 Å². The summed E-state index contributed by atoms with van der Waals surface area (Å²) >= 11 is 0. The normalized spacial score (nSPS) is 20.7.